The maximum Gasteiger partial charge on any atom is 0.159 e. The number of ether oxygens (including phenoxy) is 1. The van der Waals surface area contributed by atoms with Crippen molar-refractivity contribution >= 4 is 88.4 Å². The van der Waals surface area contributed by atoms with Crippen LogP contribution in [-0.2, 0) is 0 Å². The third-order valence-corrected chi connectivity index (χ3v) is 11.5. The van der Waals surface area contributed by atoms with E-state index >= 15 is 0 Å². The molecule has 0 aliphatic carbocycles. The predicted molar refractivity (Wildman–Crippen MR) is 241 cm³/mol. The molecule has 4 heteroatoms. The minimum absolute atomic E-state index is 0.866. The molecule has 10 aromatic carbocycles. The topological polar surface area (TPSA) is 28.9 Å². The van der Waals surface area contributed by atoms with Gasteiger partial charge < -0.3 is 19.0 Å². The van der Waals surface area contributed by atoms with E-state index < -0.39 is 0 Å². The Kier molecular flexibility index (Phi) is 7.20. The Labute approximate surface area is 335 Å². The molecule has 1 aliphatic heterocycles. The van der Waals surface area contributed by atoms with E-state index in [2.05, 4.69) is 204 Å². The van der Waals surface area contributed by atoms with Crippen LogP contribution in [-0.4, -0.2) is 0 Å². The van der Waals surface area contributed by atoms with Crippen LogP contribution in [0.4, 0.5) is 34.1 Å². The Morgan fingerprint density at radius 3 is 1.66 bits per heavy atom. The first-order valence-corrected chi connectivity index (χ1v) is 19.7. The summed E-state index contributed by atoms with van der Waals surface area (Å²) >= 11 is 0. The van der Waals surface area contributed by atoms with E-state index in [1.165, 1.54) is 21.7 Å². The second-order valence-corrected chi connectivity index (χ2v) is 14.9. The van der Waals surface area contributed by atoms with Gasteiger partial charge in [-0.3, -0.25) is 0 Å². The molecule has 0 atom stereocenters. The maximum absolute atomic E-state index is 6.90. The molecule has 0 N–H and O–H groups in total. The highest BCUT2D eigenvalue weighted by atomic mass is 16.5. The largest absolute Gasteiger partial charge is 0.456 e. The minimum atomic E-state index is 0.866. The molecule has 12 rings (SSSR count). The fourth-order valence-electron chi connectivity index (χ4n) is 9.02. The van der Waals surface area contributed by atoms with Crippen molar-refractivity contribution in [2.45, 2.75) is 0 Å². The Morgan fingerprint density at radius 2 is 0.931 bits per heavy atom. The van der Waals surface area contributed by atoms with Gasteiger partial charge in [0.25, 0.3) is 0 Å². The lowest BCUT2D eigenvalue weighted by Gasteiger charge is -2.28. The summed E-state index contributed by atoms with van der Waals surface area (Å²) < 4.78 is 13.4. The van der Waals surface area contributed by atoms with Crippen LogP contribution in [0.1, 0.15) is 0 Å². The van der Waals surface area contributed by atoms with E-state index in [4.69, 9.17) is 9.15 Å². The summed E-state index contributed by atoms with van der Waals surface area (Å²) in [5.74, 6) is 1.74. The van der Waals surface area contributed by atoms with Crippen molar-refractivity contribution < 1.29 is 9.15 Å². The molecule has 58 heavy (non-hydrogen) atoms. The van der Waals surface area contributed by atoms with Crippen molar-refractivity contribution in [1.82, 2.24) is 0 Å². The van der Waals surface area contributed by atoms with Crippen molar-refractivity contribution in [3.05, 3.63) is 206 Å². The SMILES string of the molecule is c1ccc(N(c2ccccc2)c2cc3c4c(ccc5cc(-c6ccc(N(c7ccccc7)c7cccc8c7oc7ccccc78)cc6)c6cccc(c6c54)O3)c2)cc1. The van der Waals surface area contributed by atoms with Gasteiger partial charge in [-0.2, -0.15) is 0 Å². The molecule has 0 amide bonds. The molecule has 0 spiro atoms. The van der Waals surface area contributed by atoms with E-state index in [1.54, 1.807) is 0 Å². The quantitative estimate of drug-likeness (QED) is 0.152. The zero-order valence-corrected chi connectivity index (χ0v) is 31.3. The number of nitrogens with zero attached hydrogens (tertiary/aromatic N) is 2. The van der Waals surface area contributed by atoms with Gasteiger partial charge in [-0.1, -0.05) is 121 Å². The molecule has 1 aliphatic rings. The zero-order chi connectivity index (χ0) is 38.2. The lowest BCUT2D eigenvalue weighted by molar-refractivity contribution is 0.493. The predicted octanol–water partition coefficient (Wildman–Crippen LogP) is 15.8. The minimum Gasteiger partial charge on any atom is -0.456 e. The highest BCUT2D eigenvalue weighted by Gasteiger charge is 2.25. The van der Waals surface area contributed by atoms with Crippen LogP contribution in [0.3, 0.4) is 0 Å². The van der Waals surface area contributed by atoms with Crippen LogP contribution >= 0.6 is 0 Å². The second-order valence-electron chi connectivity index (χ2n) is 14.9. The first kappa shape index (κ1) is 32.4. The Morgan fingerprint density at radius 1 is 0.345 bits per heavy atom. The van der Waals surface area contributed by atoms with Gasteiger partial charge in [-0.05, 0) is 106 Å². The lowest BCUT2D eigenvalue weighted by atomic mass is 9.88. The van der Waals surface area contributed by atoms with Crippen molar-refractivity contribution in [2.24, 2.45) is 0 Å². The molecule has 0 fully saturated rings. The molecular formula is C54H34N2O2. The first-order valence-electron chi connectivity index (χ1n) is 19.7. The average molecular weight is 743 g/mol. The number of hydrogen-bond donors (Lipinski definition) is 0. The molecule has 1 aromatic heterocycles. The summed E-state index contributed by atoms with van der Waals surface area (Å²) in [6.07, 6.45) is 0. The van der Waals surface area contributed by atoms with E-state index in [1.807, 2.05) is 12.1 Å². The Bertz CT molecular complexity index is 3320. The molecule has 0 saturated carbocycles. The van der Waals surface area contributed by atoms with Gasteiger partial charge in [0.1, 0.15) is 17.1 Å². The Hall–Kier alpha value is -7.82. The van der Waals surface area contributed by atoms with Gasteiger partial charge >= 0.3 is 0 Å². The van der Waals surface area contributed by atoms with Gasteiger partial charge in [0, 0.05) is 55.7 Å². The molecule has 272 valence electrons. The number of hydrogen-bond acceptors (Lipinski definition) is 4. The number of furan rings is 1. The van der Waals surface area contributed by atoms with Crippen LogP contribution < -0.4 is 14.5 Å². The Balaban J connectivity index is 0.998. The molecule has 0 unspecified atom stereocenters. The van der Waals surface area contributed by atoms with Crippen LogP contribution in [0.15, 0.2) is 211 Å². The van der Waals surface area contributed by atoms with Crippen molar-refractivity contribution in [1.29, 1.82) is 0 Å². The van der Waals surface area contributed by atoms with Gasteiger partial charge in [0.05, 0.1) is 11.4 Å². The van der Waals surface area contributed by atoms with Crippen molar-refractivity contribution in [3.63, 3.8) is 0 Å². The highest BCUT2D eigenvalue weighted by molar-refractivity contribution is 6.28. The van der Waals surface area contributed by atoms with E-state index in [-0.39, 0.29) is 0 Å². The summed E-state index contributed by atoms with van der Waals surface area (Å²) in [7, 11) is 0. The van der Waals surface area contributed by atoms with Crippen LogP contribution in [0.25, 0.3) is 65.4 Å². The maximum atomic E-state index is 6.90. The second kappa shape index (κ2) is 12.9. The van der Waals surface area contributed by atoms with E-state index in [9.17, 15) is 0 Å². The first-order chi connectivity index (χ1) is 28.8. The summed E-state index contributed by atoms with van der Waals surface area (Å²) in [5.41, 5.74) is 10.4. The molecule has 0 saturated heterocycles. The third-order valence-electron chi connectivity index (χ3n) is 11.5. The standard InChI is InChI=1S/C54H34N2O2/c1-4-14-38(15-5-1)55(39-16-6-2-7-17-39)42-32-36-26-27-37-33-46(44-21-13-25-49-53(44)52(37)51(36)50(34-42)57-49)35-28-30-41(31-29-35)56(40-18-8-3-9-19-40)47-23-12-22-45-43-20-10-11-24-48(43)58-54(45)47/h1-34H. The van der Waals surface area contributed by atoms with E-state index in [0.29, 0.717) is 0 Å². The van der Waals surface area contributed by atoms with Crippen LogP contribution in [0.5, 0.6) is 11.5 Å². The van der Waals surface area contributed by atoms with Gasteiger partial charge in [0.15, 0.2) is 5.58 Å². The summed E-state index contributed by atoms with van der Waals surface area (Å²) in [5, 5.41) is 9.24. The monoisotopic (exact) mass is 742 g/mol. The van der Waals surface area contributed by atoms with Gasteiger partial charge in [-0.15, -0.1) is 0 Å². The number of rotatable bonds is 7. The molecule has 4 nitrogen and oxygen atoms in total. The average Bonchev–Trinajstić information content (AvgIpc) is 3.67. The molecule has 11 aromatic rings. The summed E-state index contributed by atoms with van der Waals surface area (Å²) in [6.45, 7) is 0. The van der Waals surface area contributed by atoms with Crippen molar-refractivity contribution in [3.8, 4) is 22.6 Å². The fourth-order valence-corrected chi connectivity index (χ4v) is 9.02. The van der Waals surface area contributed by atoms with Gasteiger partial charge in [-0.25, -0.2) is 0 Å². The molecular weight excluding hydrogens is 709 g/mol. The van der Waals surface area contributed by atoms with E-state index in [0.717, 1.165) is 89.3 Å². The molecule has 0 bridgehead atoms. The normalized spacial score (nSPS) is 11.9. The molecule has 0 radical (unpaired) electrons. The third kappa shape index (κ3) is 5.02. The smallest absolute Gasteiger partial charge is 0.159 e. The van der Waals surface area contributed by atoms with Crippen LogP contribution in [0, 0.1) is 0 Å². The highest BCUT2D eigenvalue weighted by Crippen LogP contribution is 2.52. The van der Waals surface area contributed by atoms with Gasteiger partial charge in [0.2, 0.25) is 0 Å². The summed E-state index contributed by atoms with van der Waals surface area (Å²) in [6, 6.07) is 72.9. The van der Waals surface area contributed by atoms with Crippen LogP contribution in [0.2, 0.25) is 0 Å². The molecule has 2 heterocycles. The number of benzene rings is 10. The number of para-hydroxylation sites is 5. The summed E-state index contributed by atoms with van der Waals surface area (Å²) in [4.78, 5) is 4.58. The zero-order valence-electron chi connectivity index (χ0n) is 31.3. The number of anilines is 6. The van der Waals surface area contributed by atoms with Crippen molar-refractivity contribution in [2.75, 3.05) is 9.80 Å². The fraction of sp³-hybridized carbons (Fsp3) is 0. The lowest BCUT2D eigenvalue weighted by Crippen LogP contribution is -2.10. The number of fused-ring (bicyclic) bond motifs is 3.